The number of hydrogen-bond acceptors (Lipinski definition) is 3. The molecule has 0 amide bonds. The van der Waals surface area contributed by atoms with Gasteiger partial charge in [-0.1, -0.05) is 78.0 Å². The van der Waals surface area contributed by atoms with Gasteiger partial charge in [0.1, 0.15) is 17.6 Å². The summed E-state index contributed by atoms with van der Waals surface area (Å²) in [6.07, 6.45) is 14.0. The van der Waals surface area contributed by atoms with E-state index in [0.717, 1.165) is 37.0 Å². The first kappa shape index (κ1) is 24.1. The van der Waals surface area contributed by atoms with E-state index in [1.165, 1.54) is 31.2 Å². The first-order chi connectivity index (χ1) is 14.5. The number of pyridine rings is 1. The van der Waals surface area contributed by atoms with Gasteiger partial charge in [0.2, 0.25) is 0 Å². The van der Waals surface area contributed by atoms with Crippen molar-refractivity contribution in [1.29, 1.82) is 0 Å². The van der Waals surface area contributed by atoms with Crippen molar-refractivity contribution in [3.63, 3.8) is 0 Å². The number of rotatable bonds is 13. The summed E-state index contributed by atoms with van der Waals surface area (Å²) in [7, 11) is 0. The Kier molecular flexibility index (Phi) is 10.1. The molecule has 0 fully saturated rings. The van der Waals surface area contributed by atoms with Gasteiger partial charge in [0.05, 0.1) is 0 Å². The van der Waals surface area contributed by atoms with Crippen LogP contribution in [0.3, 0.4) is 0 Å². The third-order valence-corrected chi connectivity index (χ3v) is 5.66. The predicted octanol–water partition coefficient (Wildman–Crippen LogP) is 7.20. The van der Waals surface area contributed by atoms with E-state index in [4.69, 9.17) is 4.74 Å². The van der Waals surface area contributed by atoms with Crippen molar-refractivity contribution in [3.8, 4) is 5.75 Å². The fourth-order valence-electron chi connectivity index (χ4n) is 3.56. The standard InChI is InChI=1S/C27H39NO2/c1-5-7-9-10-12-22-14-16-24(17-15-22)30-25(20-23-13-11-19-28-21-23)26(29)27(3,4)18-8-6-2/h11,13-17,19-21,26,29H,5-10,12,18H2,1-4H3/b25-20+. The minimum absolute atomic E-state index is 0.275. The second-order valence-electron chi connectivity index (χ2n) is 8.88. The topological polar surface area (TPSA) is 42.4 Å². The Labute approximate surface area is 183 Å². The average Bonchev–Trinajstić information content (AvgIpc) is 2.76. The summed E-state index contributed by atoms with van der Waals surface area (Å²) >= 11 is 0. The quantitative estimate of drug-likeness (QED) is 0.281. The van der Waals surface area contributed by atoms with E-state index in [9.17, 15) is 5.11 Å². The van der Waals surface area contributed by atoms with Gasteiger partial charge in [-0.05, 0) is 60.1 Å². The van der Waals surface area contributed by atoms with Gasteiger partial charge in [0.25, 0.3) is 0 Å². The first-order valence-corrected chi connectivity index (χ1v) is 11.5. The van der Waals surface area contributed by atoms with Gasteiger partial charge in [-0.2, -0.15) is 0 Å². The largest absolute Gasteiger partial charge is 0.459 e. The third-order valence-electron chi connectivity index (χ3n) is 5.66. The highest BCUT2D eigenvalue weighted by Gasteiger charge is 2.31. The Morgan fingerprint density at radius 3 is 2.40 bits per heavy atom. The van der Waals surface area contributed by atoms with E-state index in [1.807, 2.05) is 30.3 Å². The molecular weight excluding hydrogens is 370 g/mol. The maximum atomic E-state index is 11.2. The van der Waals surface area contributed by atoms with Crippen LogP contribution in [0.4, 0.5) is 0 Å². The maximum Gasteiger partial charge on any atom is 0.134 e. The molecule has 1 aromatic heterocycles. The SMILES string of the molecule is CCCCCCc1ccc(O/C(=C/c2cccnc2)C(O)C(C)(C)CCCC)cc1. The molecule has 1 heterocycles. The lowest BCUT2D eigenvalue weighted by atomic mass is 9.80. The molecule has 164 valence electrons. The number of aryl methyl sites for hydroxylation is 1. The number of hydrogen-bond donors (Lipinski definition) is 1. The van der Waals surface area contributed by atoms with E-state index in [1.54, 1.807) is 12.4 Å². The molecule has 3 heteroatoms. The van der Waals surface area contributed by atoms with Crippen LogP contribution >= 0.6 is 0 Å². The van der Waals surface area contributed by atoms with Gasteiger partial charge in [-0.25, -0.2) is 0 Å². The van der Waals surface area contributed by atoms with Crippen LogP contribution in [0.25, 0.3) is 6.08 Å². The Morgan fingerprint density at radius 1 is 1.03 bits per heavy atom. The number of unbranched alkanes of at least 4 members (excludes halogenated alkanes) is 4. The summed E-state index contributed by atoms with van der Waals surface area (Å²) in [6.45, 7) is 8.62. The molecule has 0 saturated heterocycles. The molecule has 3 nitrogen and oxygen atoms in total. The summed E-state index contributed by atoms with van der Waals surface area (Å²) in [5.41, 5.74) is 1.98. The lowest BCUT2D eigenvalue weighted by Crippen LogP contribution is -2.33. The monoisotopic (exact) mass is 409 g/mol. The minimum atomic E-state index is -0.696. The van der Waals surface area contributed by atoms with E-state index >= 15 is 0 Å². The highest BCUT2D eigenvalue weighted by atomic mass is 16.5. The van der Waals surface area contributed by atoms with Crippen LogP contribution in [0.5, 0.6) is 5.75 Å². The van der Waals surface area contributed by atoms with Gasteiger partial charge in [0, 0.05) is 12.4 Å². The molecule has 30 heavy (non-hydrogen) atoms. The number of ether oxygens (including phenoxy) is 1. The molecule has 0 saturated carbocycles. The molecule has 0 aliphatic carbocycles. The Balaban J connectivity index is 2.16. The van der Waals surface area contributed by atoms with Gasteiger partial charge in [0.15, 0.2) is 0 Å². The van der Waals surface area contributed by atoms with Gasteiger partial charge in [-0.15, -0.1) is 0 Å². The summed E-state index contributed by atoms with van der Waals surface area (Å²) in [5.74, 6) is 1.33. The molecule has 0 aliphatic rings. The molecular formula is C27H39NO2. The third kappa shape index (κ3) is 7.95. The molecule has 0 spiro atoms. The smallest absolute Gasteiger partial charge is 0.134 e. The van der Waals surface area contributed by atoms with Crippen molar-refractivity contribution in [2.45, 2.75) is 85.2 Å². The van der Waals surface area contributed by atoms with E-state index in [0.29, 0.717) is 5.76 Å². The Hall–Kier alpha value is -2.13. The predicted molar refractivity (Wildman–Crippen MR) is 126 cm³/mol. The molecule has 0 radical (unpaired) electrons. The van der Waals surface area contributed by atoms with Crippen molar-refractivity contribution >= 4 is 6.08 Å². The van der Waals surface area contributed by atoms with Gasteiger partial charge >= 0.3 is 0 Å². The fourth-order valence-corrected chi connectivity index (χ4v) is 3.56. The molecule has 0 aliphatic heterocycles. The number of aromatic nitrogens is 1. The lowest BCUT2D eigenvalue weighted by molar-refractivity contribution is 0.0449. The van der Waals surface area contributed by atoms with Crippen LogP contribution in [0.15, 0.2) is 54.6 Å². The second kappa shape index (κ2) is 12.5. The molecule has 1 unspecified atom stereocenters. The summed E-state index contributed by atoms with van der Waals surface area (Å²) in [4.78, 5) is 4.19. The summed E-state index contributed by atoms with van der Waals surface area (Å²) in [5, 5.41) is 11.2. The highest BCUT2D eigenvalue weighted by molar-refractivity contribution is 5.52. The Morgan fingerprint density at radius 2 is 1.77 bits per heavy atom. The number of aliphatic hydroxyl groups excluding tert-OH is 1. The van der Waals surface area contributed by atoms with Crippen molar-refractivity contribution in [2.24, 2.45) is 5.41 Å². The van der Waals surface area contributed by atoms with Crippen LogP contribution < -0.4 is 4.74 Å². The maximum absolute atomic E-state index is 11.2. The van der Waals surface area contributed by atoms with Crippen LogP contribution in [-0.2, 0) is 6.42 Å². The van der Waals surface area contributed by atoms with E-state index < -0.39 is 6.10 Å². The fraction of sp³-hybridized carbons (Fsp3) is 0.519. The zero-order valence-electron chi connectivity index (χ0n) is 19.2. The zero-order valence-corrected chi connectivity index (χ0v) is 19.2. The van der Waals surface area contributed by atoms with Crippen molar-refractivity contribution in [1.82, 2.24) is 4.98 Å². The molecule has 2 rings (SSSR count). The van der Waals surface area contributed by atoms with E-state index in [2.05, 4.69) is 44.8 Å². The van der Waals surface area contributed by atoms with E-state index in [-0.39, 0.29) is 5.41 Å². The second-order valence-corrected chi connectivity index (χ2v) is 8.88. The number of aliphatic hydroxyl groups is 1. The Bertz CT molecular complexity index is 750. The van der Waals surface area contributed by atoms with Crippen molar-refractivity contribution in [3.05, 3.63) is 65.7 Å². The molecule has 1 N–H and O–H groups in total. The summed E-state index contributed by atoms with van der Waals surface area (Å²) in [6, 6.07) is 12.2. The zero-order chi connectivity index (χ0) is 21.8. The highest BCUT2D eigenvalue weighted by Crippen LogP contribution is 2.33. The first-order valence-electron chi connectivity index (χ1n) is 11.5. The number of nitrogens with zero attached hydrogens (tertiary/aromatic N) is 1. The van der Waals surface area contributed by atoms with Gasteiger partial charge in [-0.3, -0.25) is 4.98 Å². The normalized spacial score (nSPS) is 13.3. The molecule has 1 atom stereocenters. The van der Waals surface area contributed by atoms with Gasteiger partial charge < -0.3 is 9.84 Å². The molecule has 2 aromatic rings. The van der Waals surface area contributed by atoms with Crippen LogP contribution in [0, 0.1) is 5.41 Å². The number of benzene rings is 1. The van der Waals surface area contributed by atoms with Crippen LogP contribution in [-0.4, -0.2) is 16.2 Å². The molecule has 0 bridgehead atoms. The summed E-state index contributed by atoms with van der Waals surface area (Å²) < 4.78 is 6.23. The van der Waals surface area contributed by atoms with Crippen LogP contribution in [0.1, 0.15) is 83.8 Å². The van der Waals surface area contributed by atoms with Crippen molar-refractivity contribution in [2.75, 3.05) is 0 Å². The lowest BCUT2D eigenvalue weighted by Gasteiger charge is -2.32. The average molecular weight is 410 g/mol. The van der Waals surface area contributed by atoms with Crippen LogP contribution in [0.2, 0.25) is 0 Å². The van der Waals surface area contributed by atoms with Crippen molar-refractivity contribution < 1.29 is 9.84 Å². The minimum Gasteiger partial charge on any atom is -0.459 e. The molecule has 1 aromatic carbocycles.